The van der Waals surface area contributed by atoms with Crippen LogP contribution in [0.25, 0.3) is 0 Å². The van der Waals surface area contributed by atoms with E-state index in [0.29, 0.717) is 0 Å². The lowest BCUT2D eigenvalue weighted by atomic mass is 10.1. The normalized spacial score (nSPS) is 11.2. The fourth-order valence-electron chi connectivity index (χ4n) is 9.76. The molecule has 0 saturated heterocycles. The molecule has 9 heteroatoms. The SMILES string of the molecule is CC(=O)[O-].CCCCCCCCCCCC[N+](C)(C)Cc1ccccc1.CCCCCCCCCCCC[N+](C)(C)Cc1ccccc1.CCCCCCCCCCCC[N+](C)(C)Cc1ccccc1.O=C([O-])CCC(=O)[O-]. The lowest BCUT2D eigenvalue weighted by Crippen LogP contribution is -2.39. The Morgan fingerprint density at radius 3 is 0.641 bits per heavy atom. The Morgan fingerprint density at radius 1 is 0.308 bits per heavy atom. The van der Waals surface area contributed by atoms with Crippen LogP contribution >= 0.6 is 0 Å². The summed E-state index contributed by atoms with van der Waals surface area (Å²) in [5.41, 5.74) is 4.37. The van der Waals surface area contributed by atoms with E-state index in [4.69, 9.17) is 9.90 Å². The maximum Gasteiger partial charge on any atom is 0.104 e. The quantitative estimate of drug-likeness (QED) is 0.0412. The van der Waals surface area contributed by atoms with Crippen LogP contribution in [0.15, 0.2) is 91.0 Å². The first-order valence-electron chi connectivity index (χ1n) is 31.4. The average molecular weight is 1090 g/mol. The van der Waals surface area contributed by atoms with Gasteiger partial charge in [0.1, 0.15) is 19.6 Å². The van der Waals surface area contributed by atoms with Crippen molar-refractivity contribution in [2.24, 2.45) is 0 Å². The lowest BCUT2D eigenvalue weighted by Gasteiger charge is -2.30. The molecule has 9 nitrogen and oxygen atoms in total. The van der Waals surface area contributed by atoms with E-state index in [2.05, 4.69) is 154 Å². The van der Waals surface area contributed by atoms with E-state index >= 15 is 0 Å². The molecule has 448 valence electrons. The summed E-state index contributed by atoms with van der Waals surface area (Å²) < 4.78 is 3.34. The summed E-state index contributed by atoms with van der Waals surface area (Å²) in [7, 11) is 14.2. The molecule has 0 aromatic heterocycles. The van der Waals surface area contributed by atoms with Gasteiger partial charge in [0.15, 0.2) is 0 Å². The Hall–Kier alpha value is -4.05. The molecule has 0 atom stereocenters. The standard InChI is InChI=1S/3C21H38N.C4H6O4.C2H4O2/c3*1-4-5-6-7-8-9-10-11-12-16-19-22(2,3)20-21-17-14-13-15-18-21;5-3(6)1-2-4(7)8;1-2(3)4/h3*13-15,17-18H,4-12,16,19-20H2,1-3H3;1-2H2,(H,5,6)(H,7,8);1H3,(H,3,4)/q3*+1;;/p-3. The van der Waals surface area contributed by atoms with Crippen LogP contribution in [0.2, 0.25) is 0 Å². The molecule has 3 rings (SSSR count). The Morgan fingerprint density at radius 2 is 0.474 bits per heavy atom. The van der Waals surface area contributed by atoms with Gasteiger partial charge in [-0.1, -0.05) is 266 Å². The van der Waals surface area contributed by atoms with Crippen LogP contribution in [0.1, 0.15) is 250 Å². The molecule has 0 saturated carbocycles. The van der Waals surface area contributed by atoms with E-state index in [9.17, 15) is 19.8 Å². The van der Waals surface area contributed by atoms with Crippen LogP contribution in [0.5, 0.6) is 0 Å². The second-order valence-electron chi connectivity index (χ2n) is 24.2. The summed E-state index contributed by atoms with van der Waals surface area (Å²) >= 11 is 0. The van der Waals surface area contributed by atoms with Crippen LogP contribution < -0.4 is 15.3 Å². The number of carbonyl (C=O) groups excluding carboxylic acids is 3. The van der Waals surface area contributed by atoms with E-state index in [1.54, 1.807) is 0 Å². The van der Waals surface area contributed by atoms with Gasteiger partial charge in [0.05, 0.1) is 61.9 Å². The van der Waals surface area contributed by atoms with E-state index in [-0.39, 0.29) is 0 Å². The first kappa shape index (κ1) is 76.0. The van der Waals surface area contributed by atoms with Gasteiger partial charge in [0.25, 0.3) is 0 Å². The number of unbranched alkanes of at least 4 members (excludes halogenated alkanes) is 27. The molecule has 0 N–H and O–H groups in total. The van der Waals surface area contributed by atoms with Gasteiger partial charge >= 0.3 is 0 Å². The molecule has 3 aromatic rings. The minimum Gasteiger partial charge on any atom is -0.550 e. The number of quaternary nitrogens is 3. The topological polar surface area (TPSA) is 120 Å². The smallest absolute Gasteiger partial charge is 0.104 e. The fourth-order valence-corrected chi connectivity index (χ4v) is 9.76. The van der Waals surface area contributed by atoms with Crippen LogP contribution in [-0.2, 0) is 34.0 Å². The van der Waals surface area contributed by atoms with Crippen molar-refractivity contribution in [1.29, 1.82) is 0 Å². The lowest BCUT2D eigenvalue weighted by molar-refractivity contribution is -0.903. The van der Waals surface area contributed by atoms with Crippen molar-refractivity contribution >= 4 is 17.9 Å². The van der Waals surface area contributed by atoms with Crippen molar-refractivity contribution in [3.05, 3.63) is 108 Å². The molecule has 0 fully saturated rings. The number of nitrogens with zero attached hydrogens (tertiary/aromatic N) is 3. The largest absolute Gasteiger partial charge is 0.550 e. The van der Waals surface area contributed by atoms with Gasteiger partial charge in [-0.25, -0.2) is 0 Å². The Balaban J connectivity index is 0. The highest BCUT2D eigenvalue weighted by atomic mass is 16.4. The minimum atomic E-state index is -1.37. The molecule has 0 aliphatic rings. The highest BCUT2D eigenvalue weighted by Crippen LogP contribution is 2.17. The molecule has 0 spiro atoms. The summed E-state index contributed by atoms with van der Waals surface area (Å²) in [4.78, 5) is 27.9. The monoisotopic (exact) mass is 1090 g/mol. The Bertz CT molecular complexity index is 1580. The van der Waals surface area contributed by atoms with Crippen molar-refractivity contribution in [3.63, 3.8) is 0 Å². The van der Waals surface area contributed by atoms with Gasteiger partial charge in [-0.3, -0.25) is 0 Å². The average Bonchev–Trinajstić information content (AvgIpc) is 3.38. The molecule has 0 amide bonds. The van der Waals surface area contributed by atoms with Gasteiger partial charge < -0.3 is 43.2 Å². The molecule has 0 aliphatic carbocycles. The first-order chi connectivity index (χ1) is 37.3. The number of benzene rings is 3. The third-order valence-corrected chi connectivity index (χ3v) is 14.2. The van der Waals surface area contributed by atoms with Gasteiger partial charge in [-0.15, -0.1) is 0 Å². The van der Waals surface area contributed by atoms with Crippen molar-refractivity contribution in [1.82, 2.24) is 0 Å². The van der Waals surface area contributed by atoms with Crippen molar-refractivity contribution in [2.75, 3.05) is 61.9 Å². The van der Waals surface area contributed by atoms with Crippen LogP contribution in [0.4, 0.5) is 0 Å². The van der Waals surface area contributed by atoms with E-state index < -0.39 is 30.7 Å². The molecule has 3 aromatic carbocycles. The molecule has 78 heavy (non-hydrogen) atoms. The summed E-state index contributed by atoms with van der Waals surface area (Å²) in [5, 5.41) is 27.9. The number of hydrogen-bond acceptors (Lipinski definition) is 6. The van der Waals surface area contributed by atoms with Gasteiger partial charge in [0.2, 0.25) is 0 Å². The molecule has 0 heterocycles. The second kappa shape index (κ2) is 52.3. The highest BCUT2D eigenvalue weighted by Gasteiger charge is 2.17. The van der Waals surface area contributed by atoms with E-state index in [0.717, 1.165) is 40.0 Å². The van der Waals surface area contributed by atoms with Crippen molar-refractivity contribution < 1.29 is 43.2 Å². The molecule has 0 aliphatic heterocycles. The first-order valence-corrected chi connectivity index (χ1v) is 31.4. The number of rotatable bonds is 42. The maximum absolute atomic E-state index is 9.50. The van der Waals surface area contributed by atoms with E-state index in [1.165, 1.54) is 229 Å². The zero-order valence-electron chi connectivity index (χ0n) is 52.3. The third kappa shape index (κ3) is 58.1. The van der Waals surface area contributed by atoms with Gasteiger partial charge in [-0.2, -0.15) is 0 Å². The highest BCUT2D eigenvalue weighted by molar-refractivity contribution is 5.72. The number of aliphatic carboxylic acids is 3. The number of carboxylic acid groups (broad SMARTS) is 3. The van der Waals surface area contributed by atoms with Gasteiger partial charge in [0, 0.05) is 34.6 Å². The van der Waals surface area contributed by atoms with Crippen LogP contribution in [0.3, 0.4) is 0 Å². The maximum atomic E-state index is 9.50. The minimum absolute atomic E-state index is 0.470. The zero-order chi connectivity index (χ0) is 58.4. The van der Waals surface area contributed by atoms with Crippen molar-refractivity contribution in [3.8, 4) is 0 Å². The predicted octanol–water partition coefficient (Wildman–Crippen LogP) is 14.6. The number of carboxylic acids is 3. The third-order valence-electron chi connectivity index (χ3n) is 14.2. The van der Waals surface area contributed by atoms with Crippen molar-refractivity contribution in [2.45, 2.75) is 253 Å². The number of carbonyl (C=O) groups is 3. The van der Waals surface area contributed by atoms with E-state index in [1.807, 2.05) is 0 Å². The van der Waals surface area contributed by atoms with Crippen LogP contribution in [-0.4, -0.2) is 93.3 Å². The molecular formula is C69H121N3O6. The Kier molecular flexibility index (Phi) is 51.0. The molecule has 0 bridgehead atoms. The Labute approximate surface area is 481 Å². The summed E-state index contributed by atoms with van der Waals surface area (Å²) in [6.45, 7) is 15.2. The van der Waals surface area contributed by atoms with Gasteiger partial charge in [-0.05, 0) is 58.3 Å². The summed E-state index contributed by atoms with van der Waals surface area (Å²) in [6.07, 6.45) is 41.8. The molecule has 0 radical (unpaired) electrons. The molecule has 0 unspecified atom stereocenters. The predicted molar refractivity (Wildman–Crippen MR) is 327 cm³/mol. The zero-order valence-corrected chi connectivity index (χ0v) is 52.3. The summed E-state index contributed by atoms with van der Waals surface area (Å²) in [5.74, 6) is -3.82. The second-order valence-corrected chi connectivity index (χ2v) is 24.2. The fraction of sp³-hybridized carbons (Fsp3) is 0.696. The molecular weight excluding hydrogens is 967 g/mol. The number of hydrogen-bond donors (Lipinski definition) is 0. The summed E-state index contributed by atoms with van der Waals surface area (Å²) in [6, 6.07) is 32.7. The van der Waals surface area contributed by atoms with Crippen LogP contribution in [0, 0.1) is 0 Å².